The third-order valence-corrected chi connectivity index (χ3v) is 3.95. The Morgan fingerprint density at radius 1 is 1.04 bits per heavy atom. The maximum atomic E-state index is 12.0. The first-order valence-corrected chi connectivity index (χ1v) is 8.75. The third kappa shape index (κ3) is 6.57. The molecule has 0 radical (unpaired) electrons. The van der Waals surface area contributed by atoms with Crippen LogP contribution in [0.1, 0.15) is 35.2 Å². The summed E-state index contributed by atoms with van der Waals surface area (Å²) in [6.45, 7) is 2.07. The molecule has 7 heteroatoms. The van der Waals surface area contributed by atoms with Crippen molar-refractivity contribution in [1.82, 2.24) is 5.32 Å². The van der Waals surface area contributed by atoms with Crippen LogP contribution in [0.4, 0.5) is 5.69 Å². The number of benzene rings is 2. The minimum atomic E-state index is -0.638. The van der Waals surface area contributed by atoms with Gasteiger partial charge in [0.1, 0.15) is 6.42 Å². The number of rotatable bonds is 8. The number of nitrogens with zero attached hydrogens (tertiary/aromatic N) is 1. The van der Waals surface area contributed by atoms with E-state index in [2.05, 4.69) is 10.6 Å². The van der Waals surface area contributed by atoms with Crippen molar-refractivity contribution in [1.29, 1.82) is 5.26 Å². The van der Waals surface area contributed by atoms with Gasteiger partial charge < -0.3 is 15.4 Å². The van der Waals surface area contributed by atoms with Gasteiger partial charge in [-0.3, -0.25) is 9.59 Å². The van der Waals surface area contributed by atoms with Crippen LogP contribution in [0, 0.1) is 11.3 Å². The maximum absolute atomic E-state index is 12.0. The van der Waals surface area contributed by atoms with Crippen LogP contribution < -0.4 is 10.6 Å². The van der Waals surface area contributed by atoms with Gasteiger partial charge in [-0.15, -0.1) is 0 Å². The number of esters is 1. The molecule has 0 aliphatic rings. The van der Waals surface area contributed by atoms with Gasteiger partial charge in [-0.1, -0.05) is 37.3 Å². The van der Waals surface area contributed by atoms with E-state index < -0.39 is 11.9 Å². The molecule has 2 amide bonds. The van der Waals surface area contributed by atoms with Crippen LogP contribution in [0.25, 0.3) is 0 Å². The zero-order valence-corrected chi connectivity index (χ0v) is 15.5. The Morgan fingerprint density at radius 2 is 1.71 bits per heavy atom. The van der Waals surface area contributed by atoms with Crippen molar-refractivity contribution in [3.05, 3.63) is 65.7 Å². The molecular formula is C21H21N3O4. The normalized spacial score (nSPS) is 11.0. The van der Waals surface area contributed by atoms with Gasteiger partial charge in [0.25, 0.3) is 5.91 Å². The number of amides is 2. The SMILES string of the molecule is C[C@H](CNC(=O)COC(=O)c1ccc(NC(=O)CC#N)cc1)c1ccccc1. The number of hydrogen-bond acceptors (Lipinski definition) is 5. The number of carbonyl (C=O) groups is 3. The second kappa shape index (κ2) is 10.5. The molecule has 0 fully saturated rings. The van der Waals surface area contributed by atoms with Crippen LogP contribution in [0.3, 0.4) is 0 Å². The number of nitrogens with one attached hydrogen (secondary N) is 2. The Labute approximate surface area is 163 Å². The minimum Gasteiger partial charge on any atom is -0.452 e. The number of anilines is 1. The molecule has 28 heavy (non-hydrogen) atoms. The van der Waals surface area contributed by atoms with Crippen LogP contribution in [-0.2, 0) is 14.3 Å². The molecule has 1 atom stereocenters. The fourth-order valence-corrected chi connectivity index (χ4v) is 2.40. The van der Waals surface area contributed by atoms with Gasteiger partial charge >= 0.3 is 5.97 Å². The molecule has 7 nitrogen and oxygen atoms in total. The average Bonchev–Trinajstić information content (AvgIpc) is 2.71. The molecular weight excluding hydrogens is 358 g/mol. The molecule has 144 valence electrons. The van der Waals surface area contributed by atoms with Crippen molar-refractivity contribution in [3.63, 3.8) is 0 Å². The highest BCUT2D eigenvalue weighted by molar-refractivity contribution is 5.94. The zero-order chi connectivity index (χ0) is 20.4. The fraction of sp³-hybridized carbons (Fsp3) is 0.238. The van der Waals surface area contributed by atoms with E-state index in [1.165, 1.54) is 24.3 Å². The second-order valence-corrected chi connectivity index (χ2v) is 6.15. The molecule has 0 unspecified atom stereocenters. The topological polar surface area (TPSA) is 108 Å². The molecule has 2 aromatic rings. The van der Waals surface area contributed by atoms with Crippen molar-refractivity contribution in [2.75, 3.05) is 18.5 Å². The maximum Gasteiger partial charge on any atom is 0.338 e. The molecule has 0 spiro atoms. The highest BCUT2D eigenvalue weighted by Gasteiger charge is 2.12. The zero-order valence-electron chi connectivity index (χ0n) is 15.5. The number of nitriles is 1. The predicted octanol–water partition coefficient (Wildman–Crippen LogP) is 2.62. The van der Waals surface area contributed by atoms with E-state index in [0.29, 0.717) is 12.2 Å². The number of ether oxygens (including phenoxy) is 1. The van der Waals surface area contributed by atoms with Crippen LogP contribution in [-0.4, -0.2) is 30.9 Å². The quantitative estimate of drug-likeness (QED) is 0.686. The first-order valence-electron chi connectivity index (χ1n) is 8.75. The fourth-order valence-electron chi connectivity index (χ4n) is 2.40. The first kappa shape index (κ1) is 20.6. The molecule has 2 rings (SSSR count). The van der Waals surface area contributed by atoms with Crippen LogP contribution in [0.2, 0.25) is 0 Å². The van der Waals surface area contributed by atoms with E-state index in [1.807, 2.05) is 37.3 Å². The smallest absolute Gasteiger partial charge is 0.338 e. The van der Waals surface area contributed by atoms with E-state index in [-0.39, 0.29) is 30.4 Å². The summed E-state index contributed by atoms with van der Waals surface area (Å²) in [4.78, 5) is 35.2. The number of hydrogen-bond donors (Lipinski definition) is 2. The third-order valence-electron chi connectivity index (χ3n) is 3.95. The van der Waals surface area contributed by atoms with Gasteiger partial charge in [0.2, 0.25) is 5.91 Å². The van der Waals surface area contributed by atoms with Gasteiger partial charge in [0.05, 0.1) is 11.6 Å². The summed E-state index contributed by atoms with van der Waals surface area (Å²) in [5.41, 5.74) is 1.83. The highest BCUT2D eigenvalue weighted by Crippen LogP contribution is 2.13. The molecule has 0 bridgehead atoms. The standard InChI is InChI=1S/C21H21N3O4/c1-15(16-5-3-2-4-6-16)13-23-20(26)14-28-21(27)17-7-9-18(10-8-17)24-19(25)11-12-22/h2-10,15H,11,13-14H2,1H3,(H,23,26)(H,24,25)/t15-/m1/s1. The number of carbonyl (C=O) groups excluding carboxylic acids is 3. The molecule has 0 saturated carbocycles. The Kier molecular flexibility index (Phi) is 7.73. The average molecular weight is 379 g/mol. The van der Waals surface area contributed by atoms with Gasteiger partial charge in [0, 0.05) is 12.2 Å². The van der Waals surface area contributed by atoms with Gasteiger partial charge in [-0.05, 0) is 35.7 Å². The van der Waals surface area contributed by atoms with E-state index >= 15 is 0 Å². The minimum absolute atomic E-state index is 0.143. The second-order valence-electron chi connectivity index (χ2n) is 6.15. The molecule has 0 aromatic heterocycles. The largest absolute Gasteiger partial charge is 0.452 e. The Hall–Kier alpha value is -3.66. The van der Waals surface area contributed by atoms with Crippen molar-refractivity contribution in [2.45, 2.75) is 19.3 Å². The van der Waals surface area contributed by atoms with E-state index in [1.54, 1.807) is 6.07 Å². The Bertz CT molecular complexity index is 857. The van der Waals surface area contributed by atoms with E-state index in [4.69, 9.17) is 10.00 Å². The summed E-state index contributed by atoms with van der Waals surface area (Å²) in [6, 6.07) is 17.5. The van der Waals surface area contributed by atoms with Gasteiger partial charge in [-0.25, -0.2) is 4.79 Å². The summed E-state index contributed by atoms with van der Waals surface area (Å²) in [6.07, 6.45) is -0.248. The molecule has 0 aliphatic carbocycles. The van der Waals surface area contributed by atoms with Gasteiger partial charge in [-0.2, -0.15) is 5.26 Å². The monoisotopic (exact) mass is 379 g/mol. The lowest BCUT2D eigenvalue weighted by Crippen LogP contribution is -2.31. The molecule has 0 heterocycles. The molecule has 0 saturated heterocycles. The van der Waals surface area contributed by atoms with Crippen molar-refractivity contribution in [2.24, 2.45) is 0 Å². The highest BCUT2D eigenvalue weighted by atomic mass is 16.5. The summed E-state index contributed by atoms with van der Waals surface area (Å²) >= 11 is 0. The Balaban J connectivity index is 1.76. The van der Waals surface area contributed by atoms with Crippen LogP contribution in [0.5, 0.6) is 0 Å². The summed E-state index contributed by atoms with van der Waals surface area (Å²) in [5.74, 6) is -1.30. The van der Waals surface area contributed by atoms with E-state index in [9.17, 15) is 14.4 Å². The van der Waals surface area contributed by atoms with Crippen molar-refractivity contribution in [3.8, 4) is 6.07 Å². The van der Waals surface area contributed by atoms with Crippen LogP contribution in [0.15, 0.2) is 54.6 Å². The van der Waals surface area contributed by atoms with Gasteiger partial charge in [0.15, 0.2) is 6.61 Å². The first-order chi connectivity index (χ1) is 13.5. The van der Waals surface area contributed by atoms with Crippen molar-refractivity contribution >= 4 is 23.5 Å². The molecule has 0 aliphatic heterocycles. The molecule has 2 aromatic carbocycles. The lowest BCUT2D eigenvalue weighted by atomic mass is 10.0. The van der Waals surface area contributed by atoms with Crippen molar-refractivity contribution < 1.29 is 19.1 Å². The summed E-state index contributed by atoms with van der Waals surface area (Å²) < 4.78 is 5.01. The lowest BCUT2D eigenvalue weighted by Gasteiger charge is -2.13. The Morgan fingerprint density at radius 3 is 2.36 bits per heavy atom. The lowest BCUT2D eigenvalue weighted by molar-refractivity contribution is -0.124. The predicted molar refractivity (Wildman–Crippen MR) is 103 cm³/mol. The van der Waals surface area contributed by atoms with E-state index in [0.717, 1.165) is 5.56 Å². The summed E-state index contributed by atoms with van der Waals surface area (Å²) in [5, 5.41) is 13.7. The van der Waals surface area contributed by atoms with Crippen LogP contribution >= 0.6 is 0 Å². The summed E-state index contributed by atoms with van der Waals surface area (Å²) in [7, 11) is 0. The molecule has 2 N–H and O–H groups in total.